The summed E-state index contributed by atoms with van der Waals surface area (Å²) in [6.07, 6.45) is 1.84. The summed E-state index contributed by atoms with van der Waals surface area (Å²) in [4.78, 5) is 24.8. The highest BCUT2D eigenvalue weighted by Crippen LogP contribution is 2.25. The Morgan fingerprint density at radius 2 is 1.60 bits per heavy atom. The monoisotopic (exact) mass is 489 g/mol. The first-order valence-corrected chi connectivity index (χ1v) is 11.2. The fourth-order valence-corrected chi connectivity index (χ4v) is 3.52. The molecule has 4 aromatic rings. The standard InChI is InChI=1S/C26H24ClN5O3/c1-35-23-13-11-21(12-14-23)28-16-25(34)30-29-24(33)15-19-17-32(22-5-3-2-4-6-22)31-26(19)18-7-9-20(27)10-8-18/h2-14,17,28H,15-16H2,1H3,(H,29,33)(H,30,34). The van der Waals surface area contributed by atoms with Gasteiger partial charge in [-0.25, -0.2) is 4.68 Å². The zero-order valence-corrected chi connectivity index (χ0v) is 19.8. The number of aromatic nitrogens is 2. The summed E-state index contributed by atoms with van der Waals surface area (Å²) in [5.74, 6) is -0.0292. The molecule has 3 aromatic carbocycles. The van der Waals surface area contributed by atoms with E-state index in [-0.39, 0.29) is 24.8 Å². The van der Waals surface area contributed by atoms with Crippen LogP contribution in [0.1, 0.15) is 5.56 Å². The third-order valence-corrected chi connectivity index (χ3v) is 5.42. The van der Waals surface area contributed by atoms with Crippen molar-refractivity contribution in [1.82, 2.24) is 20.6 Å². The number of benzene rings is 3. The van der Waals surface area contributed by atoms with Gasteiger partial charge in [-0.2, -0.15) is 5.10 Å². The molecular formula is C26H24ClN5O3. The van der Waals surface area contributed by atoms with Crippen molar-refractivity contribution in [3.05, 3.63) is 95.6 Å². The highest BCUT2D eigenvalue weighted by atomic mass is 35.5. The number of ether oxygens (including phenoxy) is 1. The largest absolute Gasteiger partial charge is 0.497 e. The number of nitrogens with one attached hydrogen (secondary N) is 3. The number of nitrogens with zero attached hydrogens (tertiary/aromatic N) is 2. The predicted octanol–water partition coefficient (Wildman–Crippen LogP) is 4.00. The van der Waals surface area contributed by atoms with Crippen LogP contribution in [0.15, 0.2) is 85.1 Å². The number of carbonyl (C=O) groups excluding carboxylic acids is 2. The summed E-state index contributed by atoms with van der Waals surface area (Å²) >= 11 is 6.03. The van der Waals surface area contributed by atoms with Crippen LogP contribution < -0.4 is 20.9 Å². The Balaban J connectivity index is 1.39. The van der Waals surface area contributed by atoms with Crippen molar-refractivity contribution in [3.63, 3.8) is 0 Å². The fraction of sp³-hybridized carbons (Fsp3) is 0.115. The van der Waals surface area contributed by atoms with Crippen LogP contribution in [0.5, 0.6) is 5.75 Å². The lowest BCUT2D eigenvalue weighted by Crippen LogP contribution is -2.44. The van der Waals surface area contributed by atoms with Gasteiger partial charge in [-0.15, -0.1) is 0 Å². The molecule has 0 spiro atoms. The van der Waals surface area contributed by atoms with Crippen molar-refractivity contribution in [2.24, 2.45) is 0 Å². The lowest BCUT2D eigenvalue weighted by molar-refractivity contribution is -0.127. The molecule has 0 saturated carbocycles. The molecule has 0 aliphatic heterocycles. The molecule has 8 nitrogen and oxygen atoms in total. The molecule has 1 aromatic heterocycles. The van der Waals surface area contributed by atoms with Gasteiger partial charge in [-0.1, -0.05) is 41.9 Å². The van der Waals surface area contributed by atoms with Gasteiger partial charge in [0.2, 0.25) is 5.91 Å². The van der Waals surface area contributed by atoms with Gasteiger partial charge in [0.15, 0.2) is 0 Å². The van der Waals surface area contributed by atoms with Gasteiger partial charge in [-0.3, -0.25) is 20.4 Å². The van der Waals surface area contributed by atoms with E-state index < -0.39 is 0 Å². The van der Waals surface area contributed by atoms with E-state index in [4.69, 9.17) is 21.4 Å². The lowest BCUT2D eigenvalue weighted by Gasteiger charge is -2.09. The molecule has 1 heterocycles. The minimum Gasteiger partial charge on any atom is -0.497 e. The summed E-state index contributed by atoms with van der Waals surface area (Å²) < 4.78 is 6.84. The Kier molecular flexibility index (Phi) is 7.64. The molecule has 0 atom stereocenters. The van der Waals surface area contributed by atoms with E-state index in [1.807, 2.05) is 48.7 Å². The molecule has 0 aliphatic carbocycles. The van der Waals surface area contributed by atoms with Crippen molar-refractivity contribution in [3.8, 4) is 22.7 Å². The van der Waals surface area contributed by atoms with E-state index in [0.717, 1.165) is 22.7 Å². The van der Waals surface area contributed by atoms with Gasteiger partial charge in [-0.05, 0) is 48.5 Å². The van der Waals surface area contributed by atoms with Crippen molar-refractivity contribution >= 4 is 29.1 Å². The smallest absolute Gasteiger partial charge is 0.257 e. The van der Waals surface area contributed by atoms with Crippen LogP contribution in [-0.2, 0) is 16.0 Å². The summed E-state index contributed by atoms with van der Waals surface area (Å²) in [5, 5.41) is 8.29. The second-order valence-electron chi connectivity index (χ2n) is 7.65. The number of hydrogen-bond acceptors (Lipinski definition) is 5. The number of para-hydroxylation sites is 1. The van der Waals surface area contributed by atoms with Gasteiger partial charge < -0.3 is 10.1 Å². The number of methoxy groups -OCH3 is 1. The maximum atomic E-state index is 12.6. The first-order valence-electron chi connectivity index (χ1n) is 10.9. The van der Waals surface area contributed by atoms with Crippen LogP contribution in [0.4, 0.5) is 5.69 Å². The lowest BCUT2D eigenvalue weighted by atomic mass is 10.1. The topological polar surface area (TPSA) is 97.3 Å². The van der Waals surface area contributed by atoms with Crippen molar-refractivity contribution < 1.29 is 14.3 Å². The van der Waals surface area contributed by atoms with Crippen molar-refractivity contribution in [2.45, 2.75) is 6.42 Å². The summed E-state index contributed by atoms with van der Waals surface area (Å²) in [6.45, 7) is -0.00538. The Bertz CT molecular complexity index is 1290. The van der Waals surface area contributed by atoms with Crippen molar-refractivity contribution in [2.75, 3.05) is 19.0 Å². The van der Waals surface area contributed by atoms with Crippen LogP contribution in [-0.4, -0.2) is 35.2 Å². The predicted molar refractivity (Wildman–Crippen MR) is 135 cm³/mol. The quantitative estimate of drug-likeness (QED) is 0.325. The number of rotatable bonds is 8. The second-order valence-corrected chi connectivity index (χ2v) is 8.08. The van der Waals surface area contributed by atoms with Crippen molar-refractivity contribution in [1.29, 1.82) is 0 Å². The molecule has 9 heteroatoms. The maximum absolute atomic E-state index is 12.6. The van der Waals surface area contributed by atoms with Crippen LogP contribution in [0.25, 0.3) is 16.9 Å². The Morgan fingerprint density at radius 1 is 0.914 bits per heavy atom. The molecule has 0 radical (unpaired) electrons. The number of anilines is 1. The number of hydrazine groups is 1. The molecular weight excluding hydrogens is 466 g/mol. The molecule has 0 fully saturated rings. The summed E-state index contributed by atoms with van der Waals surface area (Å²) in [5.41, 5.74) is 8.72. The van der Waals surface area contributed by atoms with E-state index in [1.165, 1.54) is 0 Å². The highest BCUT2D eigenvalue weighted by Gasteiger charge is 2.16. The van der Waals surface area contributed by atoms with E-state index in [9.17, 15) is 9.59 Å². The van der Waals surface area contributed by atoms with E-state index >= 15 is 0 Å². The van der Waals surface area contributed by atoms with Crippen LogP contribution in [0, 0.1) is 0 Å². The Morgan fingerprint density at radius 3 is 2.29 bits per heavy atom. The molecule has 0 aliphatic rings. The Hall–Kier alpha value is -4.30. The van der Waals surface area contributed by atoms with Crippen LogP contribution in [0.3, 0.4) is 0 Å². The van der Waals surface area contributed by atoms with Gasteiger partial charge in [0.25, 0.3) is 5.91 Å². The molecule has 0 saturated heterocycles. The van der Waals surface area contributed by atoms with Crippen LogP contribution in [0.2, 0.25) is 5.02 Å². The van der Waals surface area contributed by atoms with Crippen LogP contribution >= 0.6 is 11.6 Å². The Labute approximate surface area is 207 Å². The number of carbonyl (C=O) groups is 2. The molecule has 178 valence electrons. The second kappa shape index (κ2) is 11.2. The molecule has 4 rings (SSSR count). The normalized spacial score (nSPS) is 10.5. The summed E-state index contributed by atoms with van der Waals surface area (Å²) in [7, 11) is 1.59. The molecule has 0 bridgehead atoms. The SMILES string of the molecule is COc1ccc(NCC(=O)NNC(=O)Cc2cn(-c3ccccc3)nc2-c2ccc(Cl)cc2)cc1. The maximum Gasteiger partial charge on any atom is 0.257 e. The zero-order valence-electron chi connectivity index (χ0n) is 19.0. The minimum absolute atomic E-state index is 0.00538. The number of amides is 2. The van der Waals surface area contributed by atoms with Gasteiger partial charge in [0.1, 0.15) is 5.75 Å². The van der Waals surface area contributed by atoms with E-state index in [2.05, 4.69) is 16.2 Å². The molecule has 2 amide bonds. The average Bonchev–Trinajstić information content (AvgIpc) is 3.31. The first kappa shape index (κ1) is 23.8. The van der Waals surface area contributed by atoms with E-state index in [1.54, 1.807) is 48.2 Å². The zero-order chi connectivity index (χ0) is 24.6. The summed E-state index contributed by atoms with van der Waals surface area (Å²) in [6, 6.07) is 24.1. The highest BCUT2D eigenvalue weighted by molar-refractivity contribution is 6.30. The molecule has 35 heavy (non-hydrogen) atoms. The van der Waals surface area contributed by atoms with Gasteiger partial charge >= 0.3 is 0 Å². The average molecular weight is 490 g/mol. The third-order valence-electron chi connectivity index (χ3n) is 5.16. The van der Waals surface area contributed by atoms with Gasteiger partial charge in [0, 0.05) is 28.0 Å². The first-order chi connectivity index (χ1) is 17.0. The van der Waals surface area contributed by atoms with Gasteiger partial charge in [0.05, 0.1) is 31.5 Å². The minimum atomic E-state index is -0.382. The molecule has 0 unspecified atom stereocenters. The number of halogens is 1. The molecule has 3 N–H and O–H groups in total. The van der Waals surface area contributed by atoms with E-state index in [0.29, 0.717) is 16.3 Å². The third kappa shape index (κ3) is 6.39. The fourth-order valence-electron chi connectivity index (χ4n) is 3.39. The number of hydrogen-bond donors (Lipinski definition) is 3.